The second-order valence-electron chi connectivity index (χ2n) is 4.86. The number of amides is 1. The topological polar surface area (TPSA) is 66.6 Å². The highest BCUT2D eigenvalue weighted by atomic mass is 16.3. The number of nitrogens with zero attached hydrogens (tertiary/aromatic N) is 1. The van der Waals surface area contributed by atoms with Gasteiger partial charge in [0.05, 0.1) is 6.04 Å². The van der Waals surface area contributed by atoms with Crippen LogP contribution >= 0.6 is 0 Å². The van der Waals surface area contributed by atoms with E-state index < -0.39 is 6.04 Å². The van der Waals surface area contributed by atoms with Crippen molar-refractivity contribution >= 4 is 5.91 Å². The van der Waals surface area contributed by atoms with Crippen LogP contribution in [0, 0.1) is 0 Å². The van der Waals surface area contributed by atoms with Crippen LogP contribution in [-0.4, -0.2) is 41.7 Å². The zero-order chi connectivity index (χ0) is 13.8. The van der Waals surface area contributed by atoms with Crippen molar-refractivity contribution in [3.8, 4) is 0 Å². The minimum atomic E-state index is -0.543. The van der Waals surface area contributed by atoms with Crippen molar-refractivity contribution in [1.29, 1.82) is 0 Å². The SMILES string of the molecule is CCCCCN(CCCCC)C(=O)[C@@H](N)CCO. The molecule has 0 aliphatic carbocycles. The van der Waals surface area contributed by atoms with Crippen LogP contribution in [0.15, 0.2) is 0 Å². The Kier molecular flexibility index (Phi) is 11.1. The zero-order valence-electron chi connectivity index (χ0n) is 12.0. The molecule has 0 aliphatic heterocycles. The summed E-state index contributed by atoms with van der Waals surface area (Å²) in [5.41, 5.74) is 5.79. The smallest absolute Gasteiger partial charge is 0.239 e. The van der Waals surface area contributed by atoms with Crippen LogP contribution in [0.4, 0.5) is 0 Å². The molecule has 0 rings (SSSR count). The van der Waals surface area contributed by atoms with Crippen molar-refractivity contribution in [2.45, 2.75) is 64.8 Å². The minimum Gasteiger partial charge on any atom is -0.396 e. The second-order valence-corrected chi connectivity index (χ2v) is 4.86. The monoisotopic (exact) mass is 258 g/mol. The van der Waals surface area contributed by atoms with Crippen molar-refractivity contribution in [2.24, 2.45) is 5.73 Å². The predicted molar refractivity (Wildman–Crippen MR) is 75.3 cm³/mol. The molecule has 0 aliphatic rings. The molecule has 4 nitrogen and oxygen atoms in total. The molecule has 0 aromatic carbocycles. The summed E-state index contributed by atoms with van der Waals surface area (Å²) < 4.78 is 0. The standard InChI is InChI=1S/C14H30N2O2/c1-3-5-7-10-16(11-8-6-4-2)14(18)13(15)9-12-17/h13,17H,3-12,15H2,1-2H3/t13-/m0/s1. The Morgan fingerprint density at radius 1 is 1.11 bits per heavy atom. The van der Waals surface area contributed by atoms with Crippen molar-refractivity contribution in [1.82, 2.24) is 4.90 Å². The maximum atomic E-state index is 12.1. The molecule has 0 bridgehead atoms. The van der Waals surface area contributed by atoms with E-state index in [9.17, 15) is 4.79 Å². The number of unbranched alkanes of at least 4 members (excludes halogenated alkanes) is 4. The van der Waals surface area contributed by atoms with Gasteiger partial charge in [0.2, 0.25) is 5.91 Å². The average molecular weight is 258 g/mol. The first-order valence-corrected chi connectivity index (χ1v) is 7.32. The van der Waals surface area contributed by atoms with Gasteiger partial charge in [0.1, 0.15) is 0 Å². The fraction of sp³-hybridized carbons (Fsp3) is 0.929. The summed E-state index contributed by atoms with van der Waals surface area (Å²) >= 11 is 0. The molecule has 0 spiro atoms. The van der Waals surface area contributed by atoms with Crippen molar-refractivity contribution in [3.63, 3.8) is 0 Å². The summed E-state index contributed by atoms with van der Waals surface area (Å²) in [7, 11) is 0. The van der Waals surface area contributed by atoms with E-state index in [2.05, 4.69) is 13.8 Å². The average Bonchev–Trinajstić information content (AvgIpc) is 2.37. The van der Waals surface area contributed by atoms with E-state index in [0.29, 0.717) is 6.42 Å². The van der Waals surface area contributed by atoms with Gasteiger partial charge in [-0.3, -0.25) is 4.79 Å². The van der Waals surface area contributed by atoms with E-state index in [1.54, 1.807) is 0 Å². The van der Waals surface area contributed by atoms with Gasteiger partial charge in [-0.25, -0.2) is 0 Å². The van der Waals surface area contributed by atoms with Crippen LogP contribution in [0.25, 0.3) is 0 Å². The predicted octanol–water partition coefficient (Wildman–Crippen LogP) is 1.91. The third-order valence-electron chi connectivity index (χ3n) is 3.13. The number of hydrogen-bond acceptors (Lipinski definition) is 3. The molecular formula is C14H30N2O2. The van der Waals surface area contributed by atoms with E-state index in [0.717, 1.165) is 51.6 Å². The summed E-state index contributed by atoms with van der Waals surface area (Å²) in [5.74, 6) is -0.00347. The Balaban J connectivity index is 4.19. The van der Waals surface area contributed by atoms with Crippen molar-refractivity contribution in [3.05, 3.63) is 0 Å². The lowest BCUT2D eigenvalue weighted by molar-refractivity contribution is -0.133. The van der Waals surface area contributed by atoms with Crippen LogP contribution in [0.3, 0.4) is 0 Å². The molecule has 0 aromatic rings. The molecule has 4 heteroatoms. The van der Waals surface area contributed by atoms with Crippen LogP contribution in [-0.2, 0) is 4.79 Å². The molecule has 0 heterocycles. The zero-order valence-corrected chi connectivity index (χ0v) is 12.0. The lowest BCUT2D eigenvalue weighted by Gasteiger charge is -2.25. The van der Waals surface area contributed by atoms with Gasteiger partial charge in [0.15, 0.2) is 0 Å². The van der Waals surface area contributed by atoms with Gasteiger partial charge in [-0.15, -0.1) is 0 Å². The third-order valence-corrected chi connectivity index (χ3v) is 3.13. The first kappa shape index (κ1) is 17.4. The molecule has 0 radical (unpaired) electrons. The van der Waals surface area contributed by atoms with E-state index in [1.807, 2.05) is 4.90 Å². The van der Waals surface area contributed by atoms with Gasteiger partial charge in [-0.2, -0.15) is 0 Å². The van der Waals surface area contributed by atoms with Crippen LogP contribution < -0.4 is 5.73 Å². The molecule has 1 amide bonds. The first-order chi connectivity index (χ1) is 8.67. The Bertz CT molecular complexity index is 200. The summed E-state index contributed by atoms with van der Waals surface area (Å²) in [6, 6.07) is -0.543. The Morgan fingerprint density at radius 2 is 1.61 bits per heavy atom. The van der Waals surface area contributed by atoms with Gasteiger partial charge in [-0.1, -0.05) is 39.5 Å². The molecule has 0 fully saturated rings. The molecule has 18 heavy (non-hydrogen) atoms. The van der Waals surface area contributed by atoms with E-state index in [-0.39, 0.29) is 12.5 Å². The Labute approximate surface area is 112 Å². The largest absolute Gasteiger partial charge is 0.396 e. The van der Waals surface area contributed by atoms with Crippen molar-refractivity contribution in [2.75, 3.05) is 19.7 Å². The molecule has 1 atom stereocenters. The van der Waals surface area contributed by atoms with Gasteiger partial charge in [0.25, 0.3) is 0 Å². The van der Waals surface area contributed by atoms with Crippen LogP contribution in [0.5, 0.6) is 0 Å². The summed E-state index contributed by atoms with van der Waals surface area (Å²) in [6.45, 7) is 5.89. The van der Waals surface area contributed by atoms with Gasteiger partial charge < -0.3 is 15.7 Å². The number of aliphatic hydroxyl groups is 1. The molecule has 3 N–H and O–H groups in total. The number of nitrogens with two attached hydrogens (primary N) is 1. The van der Waals surface area contributed by atoms with Gasteiger partial charge in [-0.05, 0) is 19.3 Å². The second kappa shape index (κ2) is 11.5. The lowest BCUT2D eigenvalue weighted by atomic mass is 10.1. The summed E-state index contributed by atoms with van der Waals surface area (Å²) in [5, 5.41) is 8.84. The Hall–Kier alpha value is -0.610. The number of carbonyl (C=O) groups excluding carboxylic acids is 1. The highest BCUT2D eigenvalue weighted by molar-refractivity contribution is 5.81. The van der Waals surface area contributed by atoms with E-state index >= 15 is 0 Å². The molecular weight excluding hydrogens is 228 g/mol. The molecule has 108 valence electrons. The third kappa shape index (κ3) is 7.67. The number of hydrogen-bond donors (Lipinski definition) is 2. The fourth-order valence-corrected chi connectivity index (χ4v) is 1.93. The normalized spacial score (nSPS) is 12.4. The highest BCUT2D eigenvalue weighted by Gasteiger charge is 2.19. The number of rotatable bonds is 11. The van der Waals surface area contributed by atoms with Gasteiger partial charge in [0, 0.05) is 19.7 Å². The van der Waals surface area contributed by atoms with Crippen LogP contribution in [0.1, 0.15) is 58.8 Å². The quantitative estimate of drug-likeness (QED) is 0.556. The molecule has 0 saturated carbocycles. The molecule has 0 aromatic heterocycles. The fourth-order valence-electron chi connectivity index (χ4n) is 1.93. The van der Waals surface area contributed by atoms with E-state index in [4.69, 9.17) is 10.8 Å². The summed E-state index contributed by atoms with van der Waals surface area (Å²) in [4.78, 5) is 14.0. The van der Waals surface area contributed by atoms with E-state index in [1.165, 1.54) is 0 Å². The molecule has 0 saturated heterocycles. The minimum absolute atomic E-state index is 0.00347. The van der Waals surface area contributed by atoms with Crippen molar-refractivity contribution < 1.29 is 9.90 Å². The van der Waals surface area contributed by atoms with Gasteiger partial charge >= 0.3 is 0 Å². The lowest BCUT2D eigenvalue weighted by Crippen LogP contribution is -2.45. The number of carbonyl (C=O) groups is 1. The molecule has 0 unspecified atom stereocenters. The maximum absolute atomic E-state index is 12.1. The Morgan fingerprint density at radius 3 is 2.00 bits per heavy atom. The highest BCUT2D eigenvalue weighted by Crippen LogP contribution is 2.05. The maximum Gasteiger partial charge on any atom is 0.239 e. The summed E-state index contributed by atoms with van der Waals surface area (Å²) in [6.07, 6.45) is 7.04. The number of aliphatic hydroxyl groups excluding tert-OH is 1. The first-order valence-electron chi connectivity index (χ1n) is 7.32. The van der Waals surface area contributed by atoms with Crippen LogP contribution in [0.2, 0.25) is 0 Å².